The molecule has 3 aromatic rings. The minimum absolute atomic E-state index is 0.0941. The van der Waals surface area contributed by atoms with Crippen LogP contribution in [0.15, 0.2) is 48.5 Å². The molecule has 0 saturated carbocycles. The van der Waals surface area contributed by atoms with Gasteiger partial charge in [-0.2, -0.15) is 5.10 Å². The number of carbonyl (C=O) groups excluding carboxylic acids is 2. The van der Waals surface area contributed by atoms with Gasteiger partial charge in [0, 0.05) is 23.7 Å². The molecule has 0 bridgehead atoms. The molecule has 0 aliphatic carbocycles. The maximum Gasteiger partial charge on any atom is 0.322 e. The zero-order valence-corrected chi connectivity index (χ0v) is 22.0. The quantitative estimate of drug-likeness (QED) is 0.402. The molecule has 2 aromatic carbocycles. The van der Waals surface area contributed by atoms with Gasteiger partial charge in [0.05, 0.1) is 16.4 Å². The molecule has 1 aromatic heterocycles. The van der Waals surface area contributed by atoms with Crippen LogP contribution < -0.4 is 10.6 Å². The van der Waals surface area contributed by atoms with E-state index in [-0.39, 0.29) is 23.9 Å². The van der Waals surface area contributed by atoms with Gasteiger partial charge in [-0.25, -0.2) is 9.48 Å². The summed E-state index contributed by atoms with van der Waals surface area (Å²) in [5, 5.41) is 11.2. The second-order valence-corrected chi connectivity index (χ2v) is 10.1. The van der Waals surface area contributed by atoms with E-state index in [4.69, 9.17) is 16.7 Å². The Balaban J connectivity index is 1.83. The maximum atomic E-state index is 13.1. The van der Waals surface area contributed by atoms with E-state index in [2.05, 4.69) is 31.4 Å². The first-order chi connectivity index (χ1) is 16.5. The lowest BCUT2D eigenvalue weighted by atomic mass is 9.92. The molecule has 0 unspecified atom stereocenters. The second kappa shape index (κ2) is 11.0. The van der Waals surface area contributed by atoms with Crippen molar-refractivity contribution in [2.75, 3.05) is 23.7 Å². The molecule has 0 atom stereocenters. The molecule has 8 heteroatoms. The molecule has 3 amide bonds. The van der Waals surface area contributed by atoms with E-state index < -0.39 is 0 Å². The lowest BCUT2D eigenvalue weighted by Gasteiger charge is -2.23. The van der Waals surface area contributed by atoms with Crippen molar-refractivity contribution in [3.63, 3.8) is 0 Å². The first-order valence-electron chi connectivity index (χ1n) is 11.8. The molecule has 7 nitrogen and oxygen atoms in total. The number of halogens is 1. The number of aryl methyl sites for hydroxylation is 2. The summed E-state index contributed by atoms with van der Waals surface area (Å²) < 4.78 is 1.64. The first kappa shape index (κ1) is 26.3. The van der Waals surface area contributed by atoms with Crippen LogP contribution in [0, 0.1) is 13.8 Å². The van der Waals surface area contributed by atoms with Crippen LogP contribution >= 0.6 is 11.6 Å². The van der Waals surface area contributed by atoms with E-state index in [1.807, 2.05) is 63.2 Å². The lowest BCUT2D eigenvalue weighted by Crippen LogP contribution is -2.41. The van der Waals surface area contributed by atoms with Crippen molar-refractivity contribution in [2.45, 2.75) is 53.4 Å². The molecule has 186 valence electrons. The molecule has 0 radical (unpaired) electrons. The summed E-state index contributed by atoms with van der Waals surface area (Å²) in [6.07, 6.45) is 0.721. The summed E-state index contributed by atoms with van der Waals surface area (Å²) in [5.74, 6) is 0.184. The van der Waals surface area contributed by atoms with Crippen LogP contribution in [-0.2, 0) is 10.2 Å². The summed E-state index contributed by atoms with van der Waals surface area (Å²) in [5.41, 5.74) is 3.95. The minimum Gasteiger partial charge on any atom is -0.315 e. The Morgan fingerprint density at radius 3 is 2.29 bits per heavy atom. The number of hydrogen-bond donors (Lipinski definition) is 2. The van der Waals surface area contributed by atoms with Crippen molar-refractivity contribution >= 4 is 35.0 Å². The summed E-state index contributed by atoms with van der Waals surface area (Å²) in [6, 6.07) is 14.7. The standard InChI is InChI=1S/C27H34ClN5O2/c1-7-15-32(26(35)30-25-18(2)11-10-12-19(25)3)17-24(34)29-23-16-22(27(4,5)6)31-33(23)21-14-9-8-13-20(21)28/h8-14,16H,7,15,17H2,1-6H3,(H,29,34)(H,30,35). The Morgan fingerprint density at radius 1 is 1.03 bits per heavy atom. The van der Waals surface area contributed by atoms with Gasteiger partial charge in [0.2, 0.25) is 5.91 Å². The molecule has 0 saturated heterocycles. The van der Waals surface area contributed by atoms with Gasteiger partial charge in [0.1, 0.15) is 12.4 Å². The highest BCUT2D eigenvalue weighted by molar-refractivity contribution is 6.32. The smallest absolute Gasteiger partial charge is 0.315 e. The van der Waals surface area contributed by atoms with Crippen LogP contribution in [0.3, 0.4) is 0 Å². The molecule has 1 heterocycles. The fraction of sp³-hybridized carbons (Fsp3) is 0.370. The van der Waals surface area contributed by atoms with Gasteiger partial charge in [-0.1, -0.05) is 69.6 Å². The Labute approximate surface area is 212 Å². The van der Waals surface area contributed by atoms with Crippen LogP contribution in [0.4, 0.5) is 16.3 Å². The number of nitrogens with zero attached hydrogens (tertiary/aromatic N) is 3. The molecular weight excluding hydrogens is 462 g/mol. The normalized spacial score (nSPS) is 11.3. The molecule has 35 heavy (non-hydrogen) atoms. The number of aromatic nitrogens is 2. The Hall–Kier alpha value is -3.32. The largest absolute Gasteiger partial charge is 0.322 e. The fourth-order valence-electron chi connectivity index (χ4n) is 3.72. The van der Waals surface area contributed by atoms with Gasteiger partial charge < -0.3 is 15.5 Å². The van der Waals surface area contributed by atoms with Crippen molar-refractivity contribution in [2.24, 2.45) is 0 Å². The average Bonchev–Trinajstić information content (AvgIpc) is 3.20. The highest BCUT2D eigenvalue weighted by Crippen LogP contribution is 2.29. The number of amides is 3. The number of hydrogen-bond acceptors (Lipinski definition) is 3. The van der Waals surface area contributed by atoms with Crippen LogP contribution in [0.1, 0.15) is 50.9 Å². The SMILES string of the molecule is CCCN(CC(=O)Nc1cc(C(C)(C)C)nn1-c1ccccc1Cl)C(=O)Nc1c(C)cccc1C. The molecule has 2 N–H and O–H groups in total. The summed E-state index contributed by atoms with van der Waals surface area (Å²) in [7, 11) is 0. The average molecular weight is 496 g/mol. The van der Waals surface area contributed by atoms with Crippen LogP contribution in [0.2, 0.25) is 5.02 Å². The van der Waals surface area contributed by atoms with E-state index in [9.17, 15) is 9.59 Å². The summed E-state index contributed by atoms with van der Waals surface area (Å²) in [4.78, 5) is 27.7. The number of rotatable bonds is 7. The summed E-state index contributed by atoms with van der Waals surface area (Å²) in [6.45, 7) is 12.4. The molecule has 0 aliphatic heterocycles. The van der Waals surface area contributed by atoms with E-state index >= 15 is 0 Å². The molecule has 0 spiro atoms. The Kier molecular flexibility index (Phi) is 8.22. The zero-order valence-electron chi connectivity index (χ0n) is 21.3. The predicted molar refractivity (Wildman–Crippen MR) is 143 cm³/mol. The molecule has 0 aliphatic rings. The third-order valence-corrected chi connectivity index (χ3v) is 5.97. The van der Waals surface area contributed by atoms with Gasteiger partial charge in [-0.05, 0) is 43.5 Å². The fourth-order valence-corrected chi connectivity index (χ4v) is 3.94. The number of benzene rings is 2. The van der Waals surface area contributed by atoms with Crippen LogP contribution in [0.5, 0.6) is 0 Å². The van der Waals surface area contributed by atoms with Gasteiger partial charge in [0.25, 0.3) is 0 Å². The van der Waals surface area contributed by atoms with E-state index in [1.54, 1.807) is 10.7 Å². The van der Waals surface area contributed by atoms with Crippen LogP contribution in [0.25, 0.3) is 5.69 Å². The highest BCUT2D eigenvalue weighted by atomic mass is 35.5. The maximum absolute atomic E-state index is 13.1. The van der Waals surface area contributed by atoms with E-state index in [1.165, 1.54) is 4.90 Å². The van der Waals surface area contributed by atoms with Gasteiger partial charge in [-0.3, -0.25) is 4.79 Å². The van der Waals surface area contributed by atoms with Crippen molar-refractivity contribution in [3.8, 4) is 5.69 Å². The van der Waals surface area contributed by atoms with E-state index in [0.717, 1.165) is 28.9 Å². The first-order valence-corrected chi connectivity index (χ1v) is 12.2. The second-order valence-electron chi connectivity index (χ2n) is 9.69. The van der Waals surface area contributed by atoms with Gasteiger partial charge in [-0.15, -0.1) is 0 Å². The topological polar surface area (TPSA) is 79.3 Å². The van der Waals surface area contributed by atoms with Gasteiger partial charge >= 0.3 is 6.03 Å². The summed E-state index contributed by atoms with van der Waals surface area (Å²) >= 11 is 6.43. The molecular formula is C27H34ClN5O2. The number of para-hydroxylation sites is 2. The molecule has 3 rings (SSSR count). The third kappa shape index (κ3) is 6.42. The van der Waals surface area contributed by atoms with Gasteiger partial charge in [0.15, 0.2) is 0 Å². The number of nitrogens with one attached hydrogen (secondary N) is 2. The Bertz CT molecular complexity index is 1190. The number of urea groups is 1. The lowest BCUT2D eigenvalue weighted by molar-refractivity contribution is -0.116. The third-order valence-electron chi connectivity index (χ3n) is 5.65. The number of anilines is 2. The minimum atomic E-state index is -0.316. The zero-order chi connectivity index (χ0) is 25.8. The van der Waals surface area contributed by atoms with Crippen molar-refractivity contribution < 1.29 is 9.59 Å². The monoisotopic (exact) mass is 495 g/mol. The highest BCUT2D eigenvalue weighted by Gasteiger charge is 2.24. The Morgan fingerprint density at radius 2 is 1.69 bits per heavy atom. The molecule has 0 fully saturated rings. The predicted octanol–water partition coefficient (Wildman–Crippen LogP) is 6.32. The van der Waals surface area contributed by atoms with E-state index in [0.29, 0.717) is 23.1 Å². The van der Waals surface area contributed by atoms with Crippen molar-refractivity contribution in [3.05, 3.63) is 70.4 Å². The van der Waals surface area contributed by atoms with Crippen molar-refractivity contribution in [1.29, 1.82) is 0 Å². The number of carbonyl (C=O) groups is 2. The van der Waals surface area contributed by atoms with Crippen LogP contribution in [-0.4, -0.2) is 39.7 Å². The van der Waals surface area contributed by atoms with Crippen molar-refractivity contribution in [1.82, 2.24) is 14.7 Å².